The van der Waals surface area contributed by atoms with Crippen molar-refractivity contribution in [3.8, 4) is 0 Å². The van der Waals surface area contributed by atoms with E-state index in [9.17, 15) is 10.1 Å². The summed E-state index contributed by atoms with van der Waals surface area (Å²) in [5, 5.41) is 27.6. The molecule has 1 saturated heterocycles. The summed E-state index contributed by atoms with van der Waals surface area (Å²) in [6, 6.07) is -0.580. The molecule has 0 aromatic rings. The van der Waals surface area contributed by atoms with Crippen molar-refractivity contribution in [1.29, 1.82) is 0 Å². The summed E-state index contributed by atoms with van der Waals surface area (Å²) in [6.07, 6.45) is 0. The Hall–Kier alpha value is -0.840. The van der Waals surface area contributed by atoms with Gasteiger partial charge in [-0.05, 0) is 0 Å². The zero-order valence-corrected chi connectivity index (χ0v) is 14.2. The van der Waals surface area contributed by atoms with Crippen molar-refractivity contribution in [2.75, 3.05) is 72.0 Å². The van der Waals surface area contributed by atoms with Gasteiger partial charge in [-0.25, -0.2) is 0 Å². The van der Waals surface area contributed by atoms with E-state index in [-0.39, 0.29) is 10.3 Å². The molecule has 1 fully saturated rings. The summed E-state index contributed by atoms with van der Waals surface area (Å²) in [4.78, 5) is 10.8. The fraction of sp³-hybridized carbons (Fsp3) is 1.00. The molecule has 0 spiro atoms. The van der Waals surface area contributed by atoms with E-state index in [1.807, 2.05) is 0 Å². The number of nitro groups is 1. The third kappa shape index (κ3) is 9.14. The first-order valence-corrected chi connectivity index (χ1v) is 8.44. The Labute approximate surface area is 138 Å². The Morgan fingerprint density at radius 3 is 2.13 bits per heavy atom. The molecule has 136 valence electrons. The van der Waals surface area contributed by atoms with Gasteiger partial charge in [-0.15, -0.1) is 0 Å². The fourth-order valence-corrected chi connectivity index (χ4v) is 2.57. The Morgan fingerprint density at radius 2 is 1.65 bits per heavy atom. The molecule has 0 aromatic heterocycles. The molecule has 0 aliphatic carbocycles. The van der Waals surface area contributed by atoms with E-state index in [0.717, 1.165) is 52.4 Å². The van der Waals surface area contributed by atoms with E-state index >= 15 is 0 Å². The van der Waals surface area contributed by atoms with Gasteiger partial charge in [0.2, 0.25) is 6.04 Å². The standard InChI is InChI=1S/C14H33N7O2/c1-14(10-18-3-2-15)11-19-6-4-16-8-13(21(22)23)9-17-5-7-20-12-14/h13,16-20H,2-12,15H2,1H3. The third-order valence-electron chi connectivity index (χ3n) is 3.99. The highest BCUT2D eigenvalue weighted by Crippen LogP contribution is 2.12. The normalized spacial score (nSPS) is 28.9. The number of hydrogen-bond acceptors (Lipinski definition) is 8. The molecule has 0 amide bonds. The van der Waals surface area contributed by atoms with Gasteiger partial charge in [0.05, 0.1) is 13.1 Å². The summed E-state index contributed by atoms with van der Waals surface area (Å²) in [5.41, 5.74) is 5.63. The summed E-state index contributed by atoms with van der Waals surface area (Å²) in [5.74, 6) is 0. The summed E-state index contributed by atoms with van der Waals surface area (Å²) in [6.45, 7) is 10.2. The second-order valence-electron chi connectivity index (χ2n) is 6.48. The van der Waals surface area contributed by atoms with Crippen molar-refractivity contribution < 1.29 is 4.92 Å². The van der Waals surface area contributed by atoms with Gasteiger partial charge in [0.1, 0.15) is 0 Å². The SMILES string of the molecule is CC1(CNCCN)CNCCNCC([N+](=O)[O-])CNCCNC1. The van der Waals surface area contributed by atoms with Crippen molar-refractivity contribution in [2.24, 2.45) is 11.1 Å². The lowest BCUT2D eigenvalue weighted by molar-refractivity contribution is -0.518. The Balaban J connectivity index is 2.44. The Bertz CT molecular complexity index is 314. The molecule has 9 heteroatoms. The van der Waals surface area contributed by atoms with Crippen LogP contribution in [0.5, 0.6) is 0 Å². The molecule has 1 aliphatic rings. The van der Waals surface area contributed by atoms with E-state index in [0.29, 0.717) is 19.6 Å². The number of nitrogens with zero attached hydrogens (tertiary/aromatic N) is 1. The van der Waals surface area contributed by atoms with Crippen LogP contribution in [-0.4, -0.2) is 83.0 Å². The van der Waals surface area contributed by atoms with Crippen LogP contribution < -0.4 is 32.3 Å². The van der Waals surface area contributed by atoms with E-state index in [1.165, 1.54) is 0 Å². The van der Waals surface area contributed by atoms with Crippen LogP contribution in [0.4, 0.5) is 0 Å². The van der Waals surface area contributed by atoms with Crippen molar-refractivity contribution in [3.63, 3.8) is 0 Å². The first kappa shape index (κ1) is 20.2. The van der Waals surface area contributed by atoms with Crippen LogP contribution in [0.2, 0.25) is 0 Å². The van der Waals surface area contributed by atoms with Gasteiger partial charge in [0.25, 0.3) is 0 Å². The predicted molar refractivity (Wildman–Crippen MR) is 92.3 cm³/mol. The molecular weight excluding hydrogens is 298 g/mol. The molecule has 0 unspecified atom stereocenters. The van der Waals surface area contributed by atoms with Crippen LogP contribution in [0.3, 0.4) is 0 Å². The molecule has 9 nitrogen and oxygen atoms in total. The van der Waals surface area contributed by atoms with Gasteiger partial charge in [-0.1, -0.05) is 6.92 Å². The number of rotatable bonds is 5. The number of nitrogens with one attached hydrogen (secondary N) is 5. The highest BCUT2D eigenvalue weighted by atomic mass is 16.6. The van der Waals surface area contributed by atoms with E-state index in [4.69, 9.17) is 5.73 Å². The van der Waals surface area contributed by atoms with Crippen molar-refractivity contribution in [1.82, 2.24) is 26.6 Å². The lowest BCUT2D eigenvalue weighted by atomic mass is 9.90. The number of nitrogens with two attached hydrogens (primary N) is 1. The topological polar surface area (TPSA) is 129 Å². The van der Waals surface area contributed by atoms with E-state index in [2.05, 4.69) is 33.5 Å². The summed E-state index contributed by atoms with van der Waals surface area (Å²) < 4.78 is 0. The van der Waals surface area contributed by atoms with Gasteiger partial charge in [0, 0.05) is 69.2 Å². The van der Waals surface area contributed by atoms with Crippen LogP contribution in [0.1, 0.15) is 6.92 Å². The van der Waals surface area contributed by atoms with Gasteiger partial charge in [-0.3, -0.25) is 10.1 Å². The van der Waals surface area contributed by atoms with Crippen LogP contribution in [0, 0.1) is 15.5 Å². The molecule has 1 rings (SSSR count). The van der Waals surface area contributed by atoms with E-state index in [1.54, 1.807) is 0 Å². The minimum Gasteiger partial charge on any atom is -0.329 e. The second-order valence-corrected chi connectivity index (χ2v) is 6.48. The lowest BCUT2D eigenvalue weighted by Gasteiger charge is -2.31. The van der Waals surface area contributed by atoms with Gasteiger partial charge >= 0.3 is 0 Å². The quantitative estimate of drug-likeness (QED) is 0.186. The van der Waals surface area contributed by atoms with Gasteiger partial charge in [0.15, 0.2) is 0 Å². The molecule has 0 saturated carbocycles. The highest BCUT2D eigenvalue weighted by molar-refractivity contribution is 4.82. The van der Waals surface area contributed by atoms with Gasteiger partial charge < -0.3 is 32.3 Å². The average Bonchev–Trinajstić information content (AvgIpc) is 2.51. The summed E-state index contributed by atoms with van der Waals surface area (Å²) >= 11 is 0. The maximum atomic E-state index is 11.0. The fourth-order valence-electron chi connectivity index (χ4n) is 2.57. The van der Waals surface area contributed by atoms with Crippen molar-refractivity contribution in [2.45, 2.75) is 13.0 Å². The second kappa shape index (κ2) is 11.7. The van der Waals surface area contributed by atoms with Crippen LogP contribution in [-0.2, 0) is 0 Å². The largest absolute Gasteiger partial charge is 0.329 e. The molecule has 0 atom stereocenters. The van der Waals surface area contributed by atoms with Crippen LogP contribution in [0.25, 0.3) is 0 Å². The molecule has 7 N–H and O–H groups in total. The molecule has 0 radical (unpaired) electrons. The van der Waals surface area contributed by atoms with E-state index < -0.39 is 6.04 Å². The van der Waals surface area contributed by atoms with Gasteiger partial charge in [-0.2, -0.15) is 0 Å². The first-order valence-electron chi connectivity index (χ1n) is 8.44. The van der Waals surface area contributed by atoms with Crippen molar-refractivity contribution in [3.05, 3.63) is 10.1 Å². The smallest absolute Gasteiger partial charge is 0.237 e. The molecule has 23 heavy (non-hydrogen) atoms. The monoisotopic (exact) mass is 331 g/mol. The molecule has 1 aliphatic heterocycles. The average molecular weight is 331 g/mol. The third-order valence-corrected chi connectivity index (χ3v) is 3.99. The highest BCUT2D eigenvalue weighted by Gasteiger charge is 2.24. The van der Waals surface area contributed by atoms with Crippen LogP contribution in [0.15, 0.2) is 0 Å². The maximum absolute atomic E-state index is 11.0. The zero-order valence-electron chi connectivity index (χ0n) is 14.2. The zero-order chi connectivity index (χ0) is 17.0. The minimum atomic E-state index is -0.580. The molecule has 1 heterocycles. The van der Waals surface area contributed by atoms with Crippen LogP contribution >= 0.6 is 0 Å². The van der Waals surface area contributed by atoms with Crippen molar-refractivity contribution >= 4 is 0 Å². The molecule has 0 bridgehead atoms. The predicted octanol–water partition coefficient (Wildman–Crippen LogP) is -2.44. The molecule has 0 aromatic carbocycles. The first-order chi connectivity index (χ1) is 11.1. The minimum absolute atomic E-state index is 0.0999. The maximum Gasteiger partial charge on any atom is 0.237 e. The Kier molecular flexibility index (Phi) is 10.2. The molecular formula is C14H33N7O2. The Morgan fingerprint density at radius 1 is 1.13 bits per heavy atom. The lowest BCUT2D eigenvalue weighted by Crippen LogP contribution is -2.50. The summed E-state index contributed by atoms with van der Waals surface area (Å²) in [7, 11) is 0. The number of hydrogen-bond donors (Lipinski definition) is 6.